The van der Waals surface area contributed by atoms with Gasteiger partial charge in [-0.1, -0.05) is 29.3 Å². The Morgan fingerprint density at radius 1 is 1.15 bits per heavy atom. The second kappa shape index (κ2) is 4.43. The van der Waals surface area contributed by atoms with Gasteiger partial charge in [0.15, 0.2) is 0 Å². The molecule has 1 rings (SSSR count). The minimum atomic E-state index is -0.194. The molecule has 0 saturated heterocycles. The fraction of sp³-hybridized carbons (Fsp3) is 0.500. The minimum Gasteiger partial charge on any atom is -0.393 e. The number of hydrogen-bond donors (Lipinski definition) is 1. The van der Waals surface area contributed by atoms with Crippen LogP contribution in [-0.2, 0) is 6.42 Å². The molecule has 0 heterocycles. The molecule has 0 radical (unpaired) electrons. The van der Waals surface area contributed by atoms with Crippen LogP contribution in [0, 0.1) is 13.8 Å². The smallest absolute Gasteiger partial charge is 0.0515 e. The highest BCUT2D eigenvalue weighted by atomic mass is 16.3. The maximum absolute atomic E-state index is 9.15. The fourth-order valence-electron chi connectivity index (χ4n) is 1.59. The molecule has 1 unspecified atom stereocenters. The minimum absolute atomic E-state index is 0.194. The zero-order valence-electron chi connectivity index (χ0n) is 8.67. The lowest BCUT2D eigenvalue weighted by Gasteiger charge is -2.06. The highest BCUT2D eigenvalue weighted by molar-refractivity contribution is 5.28. The zero-order chi connectivity index (χ0) is 9.84. The van der Waals surface area contributed by atoms with Crippen LogP contribution in [0.5, 0.6) is 0 Å². The Hall–Kier alpha value is -0.820. The normalized spacial score (nSPS) is 12.9. The third kappa shape index (κ3) is 3.60. The zero-order valence-corrected chi connectivity index (χ0v) is 8.67. The second-order valence-corrected chi connectivity index (χ2v) is 3.88. The van der Waals surface area contributed by atoms with E-state index < -0.39 is 0 Å². The summed E-state index contributed by atoms with van der Waals surface area (Å²) in [5.41, 5.74) is 3.94. The molecule has 72 valence electrons. The number of aliphatic hydroxyl groups excluding tert-OH is 1. The van der Waals surface area contributed by atoms with Crippen molar-refractivity contribution in [2.75, 3.05) is 0 Å². The van der Waals surface area contributed by atoms with E-state index in [0.29, 0.717) is 0 Å². The van der Waals surface area contributed by atoms with Gasteiger partial charge in [0.05, 0.1) is 6.10 Å². The maximum atomic E-state index is 9.15. The van der Waals surface area contributed by atoms with Gasteiger partial charge in [-0.2, -0.15) is 0 Å². The van der Waals surface area contributed by atoms with Crippen molar-refractivity contribution >= 4 is 0 Å². The van der Waals surface area contributed by atoms with E-state index in [1.807, 2.05) is 6.92 Å². The number of aryl methyl sites for hydroxylation is 3. The quantitative estimate of drug-likeness (QED) is 0.754. The molecule has 1 atom stereocenters. The molecule has 0 aliphatic rings. The first-order valence-electron chi connectivity index (χ1n) is 4.83. The molecule has 0 aliphatic carbocycles. The van der Waals surface area contributed by atoms with Crippen molar-refractivity contribution in [1.82, 2.24) is 0 Å². The third-order valence-corrected chi connectivity index (χ3v) is 2.13. The van der Waals surface area contributed by atoms with Crippen molar-refractivity contribution < 1.29 is 5.11 Å². The van der Waals surface area contributed by atoms with Gasteiger partial charge in [-0.3, -0.25) is 0 Å². The van der Waals surface area contributed by atoms with Crippen molar-refractivity contribution in [3.63, 3.8) is 0 Å². The summed E-state index contributed by atoms with van der Waals surface area (Å²) in [7, 11) is 0. The van der Waals surface area contributed by atoms with Crippen LogP contribution >= 0.6 is 0 Å². The molecule has 0 bridgehead atoms. The Labute approximate surface area is 80.4 Å². The van der Waals surface area contributed by atoms with E-state index in [0.717, 1.165) is 12.8 Å². The monoisotopic (exact) mass is 178 g/mol. The molecular weight excluding hydrogens is 160 g/mol. The number of hydrogen-bond acceptors (Lipinski definition) is 1. The lowest BCUT2D eigenvalue weighted by atomic mass is 10.0. The number of benzene rings is 1. The highest BCUT2D eigenvalue weighted by Crippen LogP contribution is 2.11. The van der Waals surface area contributed by atoms with Crippen molar-refractivity contribution in [2.45, 2.75) is 39.7 Å². The molecule has 0 amide bonds. The van der Waals surface area contributed by atoms with E-state index in [9.17, 15) is 0 Å². The average Bonchev–Trinajstić information content (AvgIpc) is 1.99. The second-order valence-electron chi connectivity index (χ2n) is 3.88. The third-order valence-electron chi connectivity index (χ3n) is 2.13. The molecule has 1 nitrogen and oxygen atoms in total. The summed E-state index contributed by atoms with van der Waals surface area (Å²) in [4.78, 5) is 0. The predicted octanol–water partition coefficient (Wildman–Crippen LogP) is 2.62. The maximum Gasteiger partial charge on any atom is 0.0515 e. The molecule has 0 saturated carbocycles. The Morgan fingerprint density at radius 2 is 1.69 bits per heavy atom. The Balaban J connectivity index is 2.66. The first kappa shape index (κ1) is 10.3. The summed E-state index contributed by atoms with van der Waals surface area (Å²) in [5.74, 6) is 0. The molecular formula is C12H18O. The molecule has 0 fully saturated rings. The Morgan fingerprint density at radius 3 is 2.15 bits per heavy atom. The molecule has 1 aromatic rings. The van der Waals surface area contributed by atoms with Crippen molar-refractivity contribution in [3.05, 3.63) is 34.9 Å². The van der Waals surface area contributed by atoms with Gasteiger partial charge >= 0.3 is 0 Å². The molecule has 1 heteroatoms. The van der Waals surface area contributed by atoms with E-state index in [1.165, 1.54) is 16.7 Å². The summed E-state index contributed by atoms with van der Waals surface area (Å²) in [5, 5.41) is 9.15. The van der Waals surface area contributed by atoms with Crippen LogP contribution in [0.15, 0.2) is 18.2 Å². The fourth-order valence-corrected chi connectivity index (χ4v) is 1.59. The highest BCUT2D eigenvalue weighted by Gasteiger charge is 1.99. The van der Waals surface area contributed by atoms with Gasteiger partial charge in [-0.05, 0) is 39.2 Å². The van der Waals surface area contributed by atoms with Crippen LogP contribution < -0.4 is 0 Å². The van der Waals surface area contributed by atoms with Crippen LogP contribution in [-0.4, -0.2) is 11.2 Å². The van der Waals surface area contributed by atoms with Crippen molar-refractivity contribution in [2.24, 2.45) is 0 Å². The molecule has 0 spiro atoms. The van der Waals surface area contributed by atoms with Crippen molar-refractivity contribution in [1.29, 1.82) is 0 Å². The number of rotatable bonds is 3. The average molecular weight is 178 g/mol. The largest absolute Gasteiger partial charge is 0.393 e. The van der Waals surface area contributed by atoms with Gasteiger partial charge in [-0.25, -0.2) is 0 Å². The van der Waals surface area contributed by atoms with Crippen LogP contribution in [0.4, 0.5) is 0 Å². The first-order valence-corrected chi connectivity index (χ1v) is 4.83. The van der Waals surface area contributed by atoms with Crippen LogP contribution in [0.1, 0.15) is 30.0 Å². The Bertz CT molecular complexity index is 256. The molecule has 0 aliphatic heterocycles. The molecule has 1 N–H and O–H groups in total. The summed E-state index contributed by atoms with van der Waals surface area (Å²) >= 11 is 0. The van der Waals surface area contributed by atoms with Crippen LogP contribution in [0.25, 0.3) is 0 Å². The summed E-state index contributed by atoms with van der Waals surface area (Å²) in [6.45, 7) is 6.06. The molecule has 1 aromatic carbocycles. The van der Waals surface area contributed by atoms with Gasteiger partial charge in [0.25, 0.3) is 0 Å². The van der Waals surface area contributed by atoms with Gasteiger partial charge < -0.3 is 5.11 Å². The van der Waals surface area contributed by atoms with E-state index in [-0.39, 0.29) is 6.10 Å². The number of aliphatic hydroxyl groups is 1. The van der Waals surface area contributed by atoms with Crippen molar-refractivity contribution in [3.8, 4) is 0 Å². The SMILES string of the molecule is Cc1cc(C)cc(CCC(C)O)c1. The van der Waals surface area contributed by atoms with Crippen LogP contribution in [0.3, 0.4) is 0 Å². The van der Waals surface area contributed by atoms with Crippen LogP contribution in [0.2, 0.25) is 0 Å². The van der Waals surface area contributed by atoms with Gasteiger partial charge in [0.1, 0.15) is 0 Å². The molecule has 13 heavy (non-hydrogen) atoms. The topological polar surface area (TPSA) is 20.2 Å². The van der Waals surface area contributed by atoms with E-state index in [1.54, 1.807) is 0 Å². The lowest BCUT2D eigenvalue weighted by molar-refractivity contribution is 0.185. The van der Waals surface area contributed by atoms with E-state index in [4.69, 9.17) is 5.11 Å². The van der Waals surface area contributed by atoms with E-state index in [2.05, 4.69) is 32.0 Å². The summed E-state index contributed by atoms with van der Waals surface area (Å²) in [6.07, 6.45) is 1.63. The summed E-state index contributed by atoms with van der Waals surface area (Å²) in [6, 6.07) is 6.55. The standard InChI is InChI=1S/C12H18O/c1-9-6-10(2)8-12(7-9)5-4-11(3)13/h6-8,11,13H,4-5H2,1-3H3. The van der Waals surface area contributed by atoms with Gasteiger partial charge in [0.2, 0.25) is 0 Å². The lowest BCUT2D eigenvalue weighted by Crippen LogP contribution is -2.01. The van der Waals surface area contributed by atoms with Gasteiger partial charge in [0, 0.05) is 0 Å². The predicted molar refractivity (Wildman–Crippen MR) is 55.9 cm³/mol. The summed E-state index contributed by atoms with van der Waals surface area (Å²) < 4.78 is 0. The Kier molecular flexibility index (Phi) is 3.49. The van der Waals surface area contributed by atoms with E-state index >= 15 is 0 Å². The van der Waals surface area contributed by atoms with Gasteiger partial charge in [-0.15, -0.1) is 0 Å². The first-order chi connectivity index (χ1) is 6.08. The molecule has 0 aromatic heterocycles.